The van der Waals surface area contributed by atoms with E-state index in [4.69, 9.17) is 0 Å². The van der Waals surface area contributed by atoms with Crippen molar-refractivity contribution in [2.45, 2.75) is 63.3 Å². The van der Waals surface area contributed by atoms with Crippen LogP contribution in [0.1, 0.15) is 62.8 Å². The molecule has 2 atom stereocenters. The average molecular weight is 424 g/mol. The minimum absolute atomic E-state index is 0. The van der Waals surface area contributed by atoms with Gasteiger partial charge in [0.15, 0.2) is 0 Å². The Morgan fingerprint density at radius 2 is 1.39 bits per heavy atom. The van der Waals surface area contributed by atoms with Gasteiger partial charge in [-0.05, 0) is 38.6 Å². The summed E-state index contributed by atoms with van der Waals surface area (Å²) in [5.41, 5.74) is 1.48. The average Bonchev–Trinajstić information content (AvgIpc) is 3.14. The molecule has 2 aliphatic carbocycles. The van der Waals surface area contributed by atoms with E-state index in [-0.39, 0.29) is 31.9 Å². The molecule has 0 N–H and O–H groups in total. The van der Waals surface area contributed by atoms with Crippen molar-refractivity contribution in [3.63, 3.8) is 0 Å². The smallest absolute Gasteiger partial charge is 0.358 e. The van der Waals surface area contributed by atoms with Gasteiger partial charge in [0.05, 0.1) is 0 Å². The van der Waals surface area contributed by atoms with Gasteiger partial charge in [-0.2, -0.15) is 0 Å². The quantitative estimate of drug-likeness (QED) is 0.387. The molecule has 1 nitrogen and oxygen atoms in total. The molecule has 2 unspecified atom stereocenters. The second-order valence-corrected chi connectivity index (χ2v) is 7.21. The summed E-state index contributed by atoms with van der Waals surface area (Å²) in [7, 11) is 4.39. The fourth-order valence-electron chi connectivity index (χ4n) is 3.58. The van der Waals surface area contributed by atoms with Crippen molar-refractivity contribution in [2.24, 2.45) is 0 Å². The summed E-state index contributed by atoms with van der Waals surface area (Å²) >= 11 is 3.66. The van der Waals surface area contributed by atoms with Crippen LogP contribution in [0.5, 0.6) is 0 Å². The van der Waals surface area contributed by atoms with Gasteiger partial charge in [0.1, 0.15) is 0 Å². The molecule has 0 spiro atoms. The van der Waals surface area contributed by atoms with Gasteiger partial charge in [0, 0.05) is 16.4 Å². The van der Waals surface area contributed by atoms with Crippen LogP contribution >= 0.6 is 15.9 Å². The van der Waals surface area contributed by atoms with Crippen molar-refractivity contribution in [3.05, 3.63) is 49.2 Å². The Labute approximate surface area is 164 Å². The zero-order chi connectivity index (χ0) is 14.4. The Morgan fingerprint density at radius 1 is 0.870 bits per heavy atom. The topological polar surface area (TPSA) is 3.24 Å². The van der Waals surface area contributed by atoms with Crippen LogP contribution in [0.3, 0.4) is 0 Å². The standard InChI is InChI=1S/C13H18BrN.C5H10.2CH3.Fe/c1-15(2)13-9-5-7-11(13)10-6-3-4-8-12(10)14;1-2-4-5-3-1;;;/h3-4,6,8,11,13H,5,7,9H2,1-2H3;1-5H2;2*1H3;/q;;2*-1;+2. The van der Waals surface area contributed by atoms with Crippen LogP contribution < -0.4 is 0 Å². The minimum Gasteiger partial charge on any atom is -0.358 e. The van der Waals surface area contributed by atoms with Crippen LogP contribution in [0.4, 0.5) is 0 Å². The van der Waals surface area contributed by atoms with Gasteiger partial charge in [0.2, 0.25) is 0 Å². The Morgan fingerprint density at radius 3 is 1.87 bits per heavy atom. The predicted molar refractivity (Wildman–Crippen MR) is 104 cm³/mol. The van der Waals surface area contributed by atoms with Crippen LogP contribution in [0.25, 0.3) is 0 Å². The molecule has 3 rings (SSSR count). The van der Waals surface area contributed by atoms with E-state index in [1.165, 1.54) is 61.4 Å². The van der Waals surface area contributed by atoms with Crippen molar-refractivity contribution >= 4 is 15.9 Å². The zero-order valence-electron chi connectivity index (χ0n) is 15.3. The van der Waals surface area contributed by atoms with Crippen LogP contribution in [0.2, 0.25) is 0 Å². The van der Waals surface area contributed by atoms with E-state index < -0.39 is 0 Å². The summed E-state index contributed by atoms with van der Waals surface area (Å²) in [6, 6.07) is 9.36. The third-order valence-electron chi connectivity index (χ3n) is 4.70. The molecule has 1 aromatic carbocycles. The monoisotopic (exact) mass is 423 g/mol. The molecular formula is C20H34BrFeN. The Kier molecular flexibility index (Phi) is 14.9. The van der Waals surface area contributed by atoms with Crippen molar-refractivity contribution in [1.82, 2.24) is 4.90 Å². The number of halogens is 1. The molecule has 0 amide bonds. The molecule has 0 aliphatic heterocycles. The van der Waals surface area contributed by atoms with Crippen LogP contribution in [0.15, 0.2) is 28.7 Å². The Hall–Kier alpha value is 0.179. The van der Waals surface area contributed by atoms with E-state index in [1.54, 1.807) is 0 Å². The van der Waals surface area contributed by atoms with Gasteiger partial charge >= 0.3 is 17.1 Å². The minimum atomic E-state index is 0. The fourth-order valence-corrected chi connectivity index (χ4v) is 4.16. The second kappa shape index (κ2) is 13.5. The van der Waals surface area contributed by atoms with Gasteiger partial charge in [0.25, 0.3) is 0 Å². The molecule has 134 valence electrons. The Balaban J connectivity index is 0. The van der Waals surface area contributed by atoms with E-state index in [0.29, 0.717) is 12.0 Å². The third-order valence-corrected chi connectivity index (χ3v) is 5.42. The summed E-state index contributed by atoms with van der Waals surface area (Å²) in [6.45, 7) is 0. The first kappa shape index (κ1) is 25.4. The van der Waals surface area contributed by atoms with E-state index in [1.807, 2.05) is 0 Å². The molecule has 2 saturated carbocycles. The molecule has 3 heteroatoms. The van der Waals surface area contributed by atoms with E-state index >= 15 is 0 Å². The van der Waals surface area contributed by atoms with Crippen molar-refractivity contribution in [2.75, 3.05) is 14.1 Å². The molecule has 0 saturated heterocycles. The number of benzene rings is 1. The summed E-state index contributed by atoms with van der Waals surface area (Å²) in [6.07, 6.45) is 11.5. The molecule has 2 aliphatic rings. The number of nitrogens with zero attached hydrogens (tertiary/aromatic N) is 1. The van der Waals surface area contributed by atoms with E-state index in [0.717, 1.165) is 0 Å². The number of hydrogen-bond acceptors (Lipinski definition) is 1. The number of likely N-dealkylation sites (N-methyl/N-ethyl adjacent to an activating group) is 1. The maximum atomic E-state index is 3.66. The van der Waals surface area contributed by atoms with Crippen LogP contribution in [-0.2, 0) is 17.1 Å². The van der Waals surface area contributed by atoms with Gasteiger partial charge in [-0.1, -0.05) is 72.7 Å². The summed E-state index contributed by atoms with van der Waals surface area (Å²) < 4.78 is 1.27. The first-order valence-corrected chi connectivity index (χ1v) is 8.90. The molecule has 0 aromatic heterocycles. The van der Waals surface area contributed by atoms with Crippen molar-refractivity contribution < 1.29 is 17.1 Å². The van der Waals surface area contributed by atoms with Crippen molar-refractivity contribution in [1.29, 1.82) is 0 Å². The molecular weight excluding hydrogens is 390 g/mol. The SMILES string of the molecule is C1CCCC1.CN(C)C1CCCC1c1ccccc1Br.[CH3-].[CH3-].[Fe+2]. The molecule has 2 fully saturated rings. The third kappa shape index (κ3) is 7.73. The van der Waals surface area contributed by atoms with Gasteiger partial charge in [-0.15, -0.1) is 0 Å². The van der Waals surface area contributed by atoms with Crippen LogP contribution in [0, 0.1) is 14.9 Å². The van der Waals surface area contributed by atoms with E-state index in [2.05, 4.69) is 59.2 Å². The second-order valence-electron chi connectivity index (χ2n) is 6.36. The molecule has 0 bridgehead atoms. The number of hydrogen-bond donors (Lipinski definition) is 0. The van der Waals surface area contributed by atoms with E-state index in [9.17, 15) is 0 Å². The first-order valence-electron chi connectivity index (χ1n) is 8.11. The molecule has 0 radical (unpaired) electrons. The van der Waals surface area contributed by atoms with Gasteiger partial charge in [-0.3, -0.25) is 0 Å². The molecule has 23 heavy (non-hydrogen) atoms. The van der Waals surface area contributed by atoms with Gasteiger partial charge < -0.3 is 19.8 Å². The maximum absolute atomic E-state index is 3.66. The largest absolute Gasteiger partial charge is 2.00 e. The normalized spacial score (nSPS) is 22.3. The summed E-state index contributed by atoms with van der Waals surface area (Å²) in [4.78, 5) is 2.37. The molecule has 0 heterocycles. The Bertz CT molecular complexity index is 397. The summed E-state index contributed by atoms with van der Waals surface area (Å²) in [5.74, 6) is 0.704. The zero-order valence-corrected chi connectivity index (χ0v) is 18.0. The maximum Gasteiger partial charge on any atom is 2.00 e. The molecule has 1 aromatic rings. The number of rotatable bonds is 2. The summed E-state index contributed by atoms with van der Waals surface area (Å²) in [5, 5.41) is 0. The van der Waals surface area contributed by atoms with Crippen LogP contribution in [-0.4, -0.2) is 25.0 Å². The fraction of sp³-hybridized carbons (Fsp3) is 0.600. The van der Waals surface area contributed by atoms with Crippen molar-refractivity contribution in [3.8, 4) is 0 Å². The van der Waals surface area contributed by atoms with Gasteiger partial charge in [-0.25, -0.2) is 0 Å². The predicted octanol–water partition coefficient (Wildman–Crippen LogP) is 6.50. The first-order chi connectivity index (χ1) is 9.70.